The lowest BCUT2D eigenvalue weighted by Gasteiger charge is -2.09. The summed E-state index contributed by atoms with van der Waals surface area (Å²) in [6, 6.07) is 15.8. The molecule has 0 aromatic heterocycles. The van der Waals surface area contributed by atoms with E-state index in [1.54, 1.807) is 14.2 Å². The van der Waals surface area contributed by atoms with E-state index >= 15 is 0 Å². The second-order valence-electron chi connectivity index (χ2n) is 5.69. The van der Waals surface area contributed by atoms with Gasteiger partial charge in [-0.15, -0.1) is 0 Å². The zero-order valence-corrected chi connectivity index (χ0v) is 14.9. The van der Waals surface area contributed by atoms with Crippen LogP contribution in [0.3, 0.4) is 0 Å². The molecule has 1 amide bonds. The molecular weight excluding hydrogens is 316 g/mol. The van der Waals surface area contributed by atoms with Crippen LogP contribution in [0, 0.1) is 0 Å². The molecule has 2 aromatic carbocycles. The molecule has 5 heteroatoms. The van der Waals surface area contributed by atoms with Crippen molar-refractivity contribution in [3.63, 3.8) is 0 Å². The molecule has 2 N–H and O–H groups in total. The number of carbonyl (C=O) groups excluding carboxylic acids is 1. The number of carbonyl (C=O) groups is 1. The van der Waals surface area contributed by atoms with E-state index < -0.39 is 0 Å². The number of rotatable bonds is 10. The number of hydrogen-bond acceptors (Lipinski definition) is 4. The Labute approximate surface area is 149 Å². The van der Waals surface area contributed by atoms with Gasteiger partial charge in [-0.3, -0.25) is 4.79 Å². The minimum absolute atomic E-state index is 0.00271. The van der Waals surface area contributed by atoms with E-state index in [0.29, 0.717) is 13.1 Å². The number of para-hydroxylation sites is 1. The summed E-state index contributed by atoms with van der Waals surface area (Å²) in [5, 5.41) is 6.09. The average Bonchev–Trinajstić information content (AvgIpc) is 2.65. The Morgan fingerprint density at radius 3 is 2.60 bits per heavy atom. The molecule has 0 heterocycles. The maximum atomic E-state index is 11.9. The molecule has 2 aromatic rings. The molecule has 2 rings (SSSR count). The van der Waals surface area contributed by atoms with Crippen molar-refractivity contribution in [2.45, 2.75) is 12.8 Å². The monoisotopic (exact) mass is 342 g/mol. The van der Waals surface area contributed by atoms with Gasteiger partial charge in [0.15, 0.2) is 0 Å². The highest BCUT2D eigenvalue weighted by atomic mass is 16.5. The van der Waals surface area contributed by atoms with Crippen molar-refractivity contribution >= 4 is 5.91 Å². The standard InChI is InChI=1S/C20H26N2O3/c1-24-18-8-5-6-16(14-18)10-13-22-20(23)15-21-12-11-17-7-3-4-9-19(17)25-2/h3-9,14,21H,10-13,15H2,1-2H3,(H,22,23). The number of amides is 1. The largest absolute Gasteiger partial charge is 0.497 e. The van der Waals surface area contributed by atoms with Crippen molar-refractivity contribution in [1.29, 1.82) is 0 Å². The highest BCUT2D eigenvalue weighted by Crippen LogP contribution is 2.17. The number of benzene rings is 2. The summed E-state index contributed by atoms with van der Waals surface area (Å²) in [4.78, 5) is 11.9. The highest BCUT2D eigenvalue weighted by molar-refractivity contribution is 5.77. The zero-order valence-electron chi connectivity index (χ0n) is 14.9. The Bertz CT molecular complexity index is 673. The lowest BCUT2D eigenvalue weighted by atomic mass is 10.1. The molecule has 0 spiro atoms. The molecule has 0 atom stereocenters. The van der Waals surface area contributed by atoms with Crippen LogP contribution in [0.25, 0.3) is 0 Å². The summed E-state index contributed by atoms with van der Waals surface area (Å²) in [6.07, 6.45) is 1.60. The third kappa shape index (κ3) is 6.47. The molecular formula is C20H26N2O3. The Morgan fingerprint density at radius 2 is 1.80 bits per heavy atom. The van der Waals surface area contributed by atoms with E-state index in [4.69, 9.17) is 9.47 Å². The molecule has 5 nitrogen and oxygen atoms in total. The van der Waals surface area contributed by atoms with Crippen LogP contribution in [-0.2, 0) is 17.6 Å². The predicted octanol–water partition coefficient (Wildman–Crippen LogP) is 2.19. The quantitative estimate of drug-likeness (QED) is 0.650. The number of hydrogen-bond donors (Lipinski definition) is 2. The third-order valence-electron chi connectivity index (χ3n) is 3.92. The van der Waals surface area contributed by atoms with Crippen LogP contribution in [0.2, 0.25) is 0 Å². The van der Waals surface area contributed by atoms with Gasteiger partial charge in [0.1, 0.15) is 11.5 Å². The molecule has 0 bridgehead atoms. The molecule has 134 valence electrons. The van der Waals surface area contributed by atoms with Crippen LogP contribution in [0.5, 0.6) is 11.5 Å². The molecule has 0 aliphatic rings. The molecule has 0 aliphatic carbocycles. The van der Waals surface area contributed by atoms with E-state index in [1.165, 1.54) is 0 Å². The fourth-order valence-electron chi connectivity index (χ4n) is 2.57. The first kappa shape index (κ1) is 18.8. The zero-order chi connectivity index (χ0) is 17.9. The van der Waals surface area contributed by atoms with Crippen molar-refractivity contribution in [2.24, 2.45) is 0 Å². The van der Waals surface area contributed by atoms with Gasteiger partial charge in [0.25, 0.3) is 0 Å². The minimum Gasteiger partial charge on any atom is -0.497 e. The number of ether oxygens (including phenoxy) is 2. The van der Waals surface area contributed by atoms with E-state index in [2.05, 4.69) is 10.6 Å². The predicted molar refractivity (Wildman–Crippen MR) is 99.3 cm³/mol. The maximum absolute atomic E-state index is 11.9. The molecule has 25 heavy (non-hydrogen) atoms. The molecule has 0 saturated carbocycles. The molecule has 0 fully saturated rings. The summed E-state index contributed by atoms with van der Waals surface area (Å²) in [5.41, 5.74) is 2.28. The second kappa shape index (κ2) is 10.4. The minimum atomic E-state index is 0.00271. The second-order valence-corrected chi connectivity index (χ2v) is 5.69. The summed E-state index contributed by atoms with van der Waals surface area (Å²) in [6.45, 7) is 1.65. The number of methoxy groups -OCH3 is 2. The lowest BCUT2D eigenvalue weighted by Crippen LogP contribution is -2.35. The van der Waals surface area contributed by atoms with Crippen molar-refractivity contribution < 1.29 is 14.3 Å². The van der Waals surface area contributed by atoms with Crippen LogP contribution in [0.1, 0.15) is 11.1 Å². The van der Waals surface area contributed by atoms with Gasteiger partial charge in [-0.2, -0.15) is 0 Å². The lowest BCUT2D eigenvalue weighted by molar-refractivity contribution is -0.120. The van der Waals surface area contributed by atoms with Gasteiger partial charge in [0, 0.05) is 6.54 Å². The first-order chi connectivity index (χ1) is 12.2. The van der Waals surface area contributed by atoms with Crippen LogP contribution in [-0.4, -0.2) is 39.8 Å². The van der Waals surface area contributed by atoms with Crippen LogP contribution in [0.15, 0.2) is 48.5 Å². The summed E-state index contributed by atoms with van der Waals surface area (Å²) < 4.78 is 10.5. The van der Waals surface area contributed by atoms with E-state index in [9.17, 15) is 4.79 Å². The van der Waals surface area contributed by atoms with Gasteiger partial charge in [-0.25, -0.2) is 0 Å². The van der Waals surface area contributed by atoms with Crippen LogP contribution < -0.4 is 20.1 Å². The third-order valence-corrected chi connectivity index (χ3v) is 3.92. The first-order valence-electron chi connectivity index (χ1n) is 8.45. The van der Waals surface area contributed by atoms with Gasteiger partial charge in [0.05, 0.1) is 20.8 Å². The Hall–Kier alpha value is -2.53. The number of nitrogens with one attached hydrogen (secondary N) is 2. The SMILES string of the molecule is COc1cccc(CCNC(=O)CNCCc2ccccc2OC)c1. The van der Waals surface area contributed by atoms with Crippen molar-refractivity contribution in [2.75, 3.05) is 33.9 Å². The highest BCUT2D eigenvalue weighted by Gasteiger charge is 2.03. The van der Waals surface area contributed by atoms with E-state index in [1.807, 2.05) is 48.5 Å². The van der Waals surface area contributed by atoms with Gasteiger partial charge in [0.2, 0.25) is 5.91 Å². The van der Waals surface area contributed by atoms with Gasteiger partial charge in [-0.1, -0.05) is 30.3 Å². The Balaban J connectivity index is 1.62. The van der Waals surface area contributed by atoms with Gasteiger partial charge < -0.3 is 20.1 Å². The maximum Gasteiger partial charge on any atom is 0.233 e. The van der Waals surface area contributed by atoms with Crippen LogP contribution in [0.4, 0.5) is 0 Å². The smallest absolute Gasteiger partial charge is 0.233 e. The normalized spacial score (nSPS) is 10.3. The molecule has 0 radical (unpaired) electrons. The molecule has 0 aliphatic heterocycles. The van der Waals surface area contributed by atoms with Crippen molar-refractivity contribution in [3.8, 4) is 11.5 Å². The van der Waals surface area contributed by atoms with E-state index in [-0.39, 0.29) is 5.91 Å². The van der Waals surface area contributed by atoms with Crippen LogP contribution >= 0.6 is 0 Å². The van der Waals surface area contributed by atoms with Crippen molar-refractivity contribution in [3.05, 3.63) is 59.7 Å². The molecule has 0 unspecified atom stereocenters. The van der Waals surface area contributed by atoms with Gasteiger partial charge >= 0.3 is 0 Å². The fraction of sp³-hybridized carbons (Fsp3) is 0.350. The summed E-state index contributed by atoms with van der Waals surface area (Å²) in [5.74, 6) is 1.72. The van der Waals surface area contributed by atoms with E-state index in [0.717, 1.165) is 42.0 Å². The van der Waals surface area contributed by atoms with Crippen molar-refractivity contribution in [1.82, 2.24) is 10.6 Å². The fourth-order valence-corrected chi connectivity index (χ4v) is 2.57. The summed E-state index contributed by atoms with van der Waals surface area (Å²) >= 11 is 0. The van der Waals surface area contributed by atoms with Gasteiger partial charge in [-0.05, 0) is 48.7 Å². The average molecular weight is 342 g/mol. The molecule has 0 saturated heterocycles. The summed E-state index contributed by atoms with van der Waals surface area (Å²) in [7, 11) is 3.32. The first-order valence-corrected chi connectivity index (χ1v) is 8.45. The Kier molecular flexibility index (Phi) is 7.79. The topological polar surface area (TPSA) is 59.6 Å². The Morgan fingerprint density at radius 1 is 0.960 bits per heavy atom.